The van der Waals surface area contributed by atoms with E-state index in [1.165, 1.54) is 6.07 Å². The summed E-state index contributed by atoms with van der Waals surface area (Å²) in [6, 6.07) is 3.04. The van der Waals surface area contributed by atoms with E-state index in [-0.39, 0.29) is 5.82 Å². The summed E-state index contributed by atoms with van der Waals surface area (Å²) in [5.41, 5.74) is 1.77. The monoisotopic (exact) mass is 208 g/mol. The molecule has 0 saturated heterocycles. The molecule has 3 heteroatoms. The van der Waals surface area contributed by atoms with Gasteiger partial charge in [-0.1, -0.05) is 27.7 Å². The molecule has 1 N–H and O–H groups in total. The third-order valence-electron chi connectivity index (χ3n) is 2.18. The number of fused-ring (bicyclic) bond motifs is 1. The molecule has 0 spiro atoms. The Morgan fingerprint density at radius 1 is 1.27 bits per heavy atom. The number of hydrogen-bond acceptors (Lipinski definition) is 1. The Kier molecular flexibility index (Phi) is 3.83. The Morgan fingerprint density at radius 2 is 1.93 bits per heavy atom. The Morgan fingerprint density at radius 3 is 2.53 bits per heavy atom. The van der Waals surface area contributed by atoms with Crippen molar-refractivity contribution in [1.29, 1.82) is 0 Å². The summed E-state index contributed by atoms with van der Waals surface area (Å²) < 4.78 is 13.1. The van der Waals surface area contributed by atoms with Gasteiger partial charge in [-0.2, -0.15) is 5.10 Å². The molecule has 2 rings (SSSR count). The van der Waals surface area contributed by atoms with E-state index < -0.39 is 0 Å². The minimum Gasteiger partial charge on any atom is -0.278 e. The molecule has 1 aromatic heterocycles. The fraction of sp³-hybridized carbons (Fsp3) is 0.417. The molecule has 0 amide bonds. The number of benzene rings is 1. The largest absolute Gasteiger partial charge is 0.278 e. The zero-order valence-electron chi connectivity index (χ0n) is 9.63. The summed E-state index contributed by atoms with van der Waals surface area (Å²) in [5.74, 6) is 0.108. The van der Waals surface area contributed by atoms with Crippen molar-refractivity contribution in [2.75, 3.05) is 0 Å². The highest BCUT2D eigenvalue weighted by molar-refractivity contribution is 5.82. The van der Waals surface area contributed by atoms with Gasteiger partial charge in [-0.3, -0.25) is 5.10 Å². The van der Waals surface area contributed by atoms with Crippen LogP contribution in [0.2, 0.25) is 0 Å². The first-order chi connectivity index (χ1) is 7.18. The Bertz CT molecular complexity index is 432. The predicted molar refractivity (Wildman–Crippen MR) is 61.5 cm³/mol. The Balaban J connectivity index is 0.000000531. The van der Waals surface area contributed by atoms with Crippen LogP contribution in [0.1, 0.15) is 39.2 Å². The van der Waals surface area contributed by atoms with Crippen molar-refractivity contribution >= 4 is 10.9 Å². The number of nitrogens with zero attached hydrogens (tertiary/aromatic N) is 1. The second kappa shape index (κ2) is 4.91. The van der Waals surface area contributed by atoms with Crippen LogP contribution in [0.3, 0.4) is 0 Å². The number of aromatic nitrogens is 2. The molecule has 15 heavy (non-hydrogen) atoms. The van der Waals surface area contributed by atoms with Crippen molar-refractivity contribution in [3.63, 3.8) is 0 Å². The maximum atomic E-state index is 13.1. The first kappa shape index (κ1) is 11.7. The molecule has 0 fully saturated rings. The van der Waals surface area contributed by atoms with Crippen molar-refractivity contribution in [2.24, 2.45) is 0 Å². The zero-order chi connectivity index (χ0) is 11.4. The molecule has 0 unspecified atom stereocenters. The Hall–Kier alpha value is -1.38. The third-order valence-corrected chi connectivity index (χ3v) is 2.18. The van der Waals surface area contributed by atoms with Gasteiger partial charge < -0.3 is 0 Å². The maximum absolute atomic E-state index is 13.1. The van der Waals surface area contributed by atoms with E-state index in [4.69, 9.17) is 0 Å². The molecule has 0 aliphatic heterocycles. The van der Waals surface area contributed by atoms with E-state index in [0.717, 1.165) is 16.5 Å². The Labute approximate surface area is 89.5 Å². The highest BCUT2D eigenvalue weighted by Gasteiger charge is 2.08. The topological polar surface area (TPSA) is 28.7 Å². The lowest BCUT2D eigenvalue weighted by Gasteiger charge is -2.06. The molecule has 0 atom stereocenters. The van der Waals surface area contributed by atoms with Crippen LogP contribution in [0.25, 0.3) is 10.9 Å². The van der Waals surface area contributed by atoms with Crippen LogP contribution in [-0.2, 0) is 0 Å². The van der Waals surface area contributed by atoms with Crippen molar-refractivity contribution in [2.45, 2.75) is 33.6 Å². The molecule has 0 bridgehead atoms. The smallest absolute Gasteiger partial charge is 0.125 e. The van der Waals surface area contributed by atoms with Crippen molar-refractivity contribution in [1.82, 2.24) is 10.2 Å². The van der Waals surface area contributed by atoms with Crippen molar-refractivity contribution in [3.8, 4) is 0 Å². The van der Waals surface area contributed by atoms with E-state index in [1.54, 1.807) is 12.3 Å². The van der Waals surface area contributed by atoms with Crippen LogP contribution in [0.5, 0.6) is 0 Å². The van der Waals surface area contributed by atoms with Crippen LogP contribution in [0, 0.1) is 5.82 Å². The first-order valence-electron chi connectivity index (χ1n) is 5.31. The van der Waals surface area contributed by atoms with E-state index in [1.807, 2.05) is 27.7 Å². The molecule has 1 aromatic carbocycles. The van der Waals surface area contributed by atoms with Crippen LogP contribution in [-0.4, -0.2) is 10.2 Å². The number of rotatable bonds is 1. The molecule has 2 aromatic rings. The lowest BCUT2D eigenvalue weighted by Crippen LogP contribution is -1.89. The lowest BCUT2D eigenvalue weighted by atomic mass is 9.99. The fourth-order valence-corrected chi connectivity index (χ4v) is 1.52. The number of H-pyrrole nitrogens is 1. The number of hydrogen-bond donors (Lipinski definition) is 1. The van der Waals surface area contributed by atoms with Gasteiger partial charge in [-0.05, 0) is 23.6 Å². The van der Waals surface area contributed by atoms with E-state index in [2.05, 4.69) is 10.2 Å². The molecular formula is C12H17FN2. The predicted octanol–water partition coefficient (Wildman–Crippen LogP) is 3.85. The summed E-state index contributed by atoms with van der Waals surface area (Å²) in [6.45, 7) is 8.09. The molecule has 0 aliphatic carbocycles. The molecule has 82 valence electrons. The lowest BCUT2D eigenvalue weighted by molar-refractivity contribution is 0.625. The van der Waals surface area contributed by atoms with Gasteiger partial charge in [0.25, 0.3) is 0 Å². The zero-order valence-corrected chi connectivity index (χ0v) is 9.63. The molecule has 0 saturated carbocycles. The number of nitrogens with one attached hydrogen (secondary N) is 1. The summed E-state index contributed by atoms with van der Waals surface area (Å²) >= 11 is 0. The summed E-state index contributed by atoms with van der Waals surface area (Å²) in [7, 11) is 0. The van der Waals surface area contributed by atoms with Crippen molar-refractivity contribution < 1.29 is 4.39 Å². The fourth-order valence-electron chi connectivity index (χ4n) is 1.52. The molecular weight excluding hydrogens is 191 g/mol. The minimum absolute atomic E-state index is 0.208. The second-order valence-corrected chi connectivity index (χ2v) is 3.48. The highest BCUT2D eigenvalue weighted by Crippen LogP contribution is 2.24. The van der Waals surface area contributed by atoms with Crippen LogP contribution < -0.4 is 0 Å². The van der Waals surface area contributed by atoms with Gasteiger partial charge in [-0.25, -0.2) is 4.39 Å². The quantitative estimate of drug-likeness (QED) is 0.757. The van der Waals surface area contributed by atoms with Gasteiger partial charge >= 0.3 is 0 Å². The van der Waals surface area contributed by atoms with Crippen LogP contribution >= 0.6 is 0 Å². The molecule has 1 heterocycles. The number of halogens is 1. The minimum atomic E-state index is -0.208. The van der Waals surface area contributed by atoms with E-state index in [9.17, 15) is 4.39 Å². The SMILES string of the molecule is CC.CC(C)c1cc(F)cc2[nH]ncc12. The third kappa shape index (κ3) is 2.35. The van der Waals surface area contributed by atoms with Crippen molar-refractivity contribution in [3.05, 3.63) is 29.7 Å². The van der Waals surface area contributed by atoms with Crippen LogP contribution in [0.15, 0.2) is 18.3 Å². The molecule has 0 aliphatic rings. The molecule has 2 nitrogen and oxygen atoms in total. The van der Waals surface area contributed by atoms with Crippen LogP contribution in [0.4, 0.5) is 4.39 Å². The van der Waals surface area contributed by atoms with Gasteiger partial charge in [0.2, 0.25) is 0 Å². The summed E-state index contributed by atoms with van der Waals surface area (Å²) in [5, 5.41) is 7.67. The number of aromatic amines is 1. The van der Waals surface area contributed by atoms with Gasteiger partial charge in [0.1, 0.15) is 5.82 Å². The average Bonchev–Trinajstić information content (AvgIpc) is 2.67. The first-order valence-corrected chi connectivity index (χ1v) is 5.31. The van der Waals surface area contributed by atoms with Gasteiger partial charge in [0.15, 0.2) is 0 Å². The summed E-state index contributed by atoms with van der Waals surface area (Å²) in [6.07, 6.45) is 1.74. The summed E-state index contributed by atoms with van der Waals surface area (Å²) in [4.78, 5) is 0. The maximum Gasteiger partial charge on any atom is 0.125 e. The normalized spacial score (nSPS) is 10.3. The second-order valence-electron chi connectivity index (χ2n) is 3.48. The van der Waals surface area contributed by atoms with Gasteiger partial charge in [0, 0.05) is 5.39 Å². The molecule has 0 radical (unpaired) electrons. The van der Waals surface area contributed by atoms with Gasteiger partial charge in [0.05, 0.1) is 11.7 Å². The standard InChI is InChI=1S/C10H11FN2.C2H6/c1-6(2)8-3-7(11)4-10-9(8)5-12-13-10;1-2/h3-6H,1-2H3,(H,12,13);1-2H3. The highest BCUT2D eigenvalue weighted by atomic mass is 19.1. The van der Waals surface area contributed by atoms with Gasteiger partial charge in [-0.15, -0.1) is 0 Å². The van der Waals surface area contributed by atoms with E-state index >= 15 is 0 Å². The van der Waals surface area contributed by atoms with E-state index in [0.29, 0.717) is 5.92 Å². The average molecular weight is 208 g/mol.